The minimum atomic E-state index is -4.38. The fourth-order valence-electron chi connectivity index (χ4n) is 3.97. The van der Waals surface area contributed by atoms with E-state index in [1.807, 2.05) is 6.92 Å². The second-order valence-corrected chi connectivity index (χ2v) is 9.38. The zero-order valence-corrected chi connectivity index (χ0v) is 19.5. The van der Waals surface area contributed by atoms with E-state index in [0.29, 0.717) is 22.6 Å². The van der Waals surface area contributed by atoms with E-state index in [-0.39, 0.29) is 11.9 Å². The number of benzene rings is 1. The maximum absolute atomic E-state index is 12.9. The number of carbonyl (C=O) groups is 1. The largest absolute Gasteiger partial charge is 0.416 e. The molecule has 0 radical (unpaired) electrons. The SMILES string of the molecule is C[C@@H](NC(=O)c1cc2c(cn1)ncn2[C@@H]1CCNC1)c1cnc(Nc2ccc(C(F)(F)F)cc2)s1. The highest BCUT2D eigenvalue weighted by atomic mass is 32.1. The summed E-state index contributed by atoms with van der Waals surface area (Å²) in [5.74, 6) is -0.317. The summed E-state index contributed by atoms with van der Waals surface area (Å²) in [6.45, 7) is 3.64. The molecule has 35 heavy (non-hydrogen) atoms. The van der Waals surface area contributed by atoms with Crippen LogP contribution in [0.15, 0.2) is 49.1 Å². The van der Waals surface area contributed by atoms with Crippen molar-refractivity contribution >= 4 is 39.1 Å². The number of pyridine rings is 1. The van der Waals surface area contributed by atoms with Crippen LogP contribution in [-0.4, -0.2) is 38.5 Å². The van der Waals surface area contributed by atoms with Gasteiger partial charge in [0.25, 0.3) is 5.91 Å². The Morgan fingerprint density at radius 2 is 2.00 bits per heavy atom. The highest BCUT2D eigenvalue weighted by Gasteiger charge is 2.30. The lowest BCUT2D eigenvalue weighted by atomic mass is 10.2. The van der Waals surface area contributed by atoms with Crippen LogP contribution in [0.4, 0.5) is 24.0 Å². The van der Waals surface area contributed by atoms with E-state index in [4.69, 9.17) is 0 Å². The Kier molecular flexibility index (Phi) is 6.15. The first-order valence-electron chi connectivity index (χ1n) is 11.0. The van der Waals surface area contributed by atoms with Crippen molar-refractivity contribution in [2.45, 2.75) is 31.6 Å². The number of imidazole rings is 1. The summed E-state index contributed by atoms with van der Waals surface area (Å²) in [7, 11) is 0. The molecule has 4 heterocycles. The number of anilines is 2. The first kappa shape index (κ1) is 23.2. The molecule has 1 aliphatic rings. The number of amides is 1. The summed E-state index contributed by atoms with van der Waals surface area (Å²) in [5.41, 5.74) is 1.68. The van der Waals surface area contributed by atoms with E-state index in [1.54, 1.807) is 24.8 Å². The van der Waals surface area contributed by atoms with E-state index in [0.717, 1.165) is 47.6 Å². The number of carbonyl (C=O) groups excluding carboxylic acids is 1. The van der Waals surface area contributed by atoms with Gasteiger partial charge in [-0.1, -0.05) is 11.3 Å². The molecule has 0 spiro atoms. The first-order valence-corrected chi connectivity index (χ1v) is 11.8. The van der Waals surface area contributed by atoms with Gasteiger partial charge in [-0.15, -0.1) is 0 Å². The number of hydrogen-bond acceptors (Lipinski definition) is 7. The Hall–Kier alpha value is -3.51. The van der Waals surface area contributed by atoms with Crippen LogP contribution in [0, 0.1) is 0 Å². The number of fused-ring (bicyclic) bond motifs is 1. The molecule has 1 amide bonds. The number of thiazole rings is 1. The molecule has 0 unspecified atom stereocenters. The molecule has 3 aromatic heterocycles. The molecule has 4 aromatic rings. The third kappa shape index (κ3) is 4.98. The number of alkyl halides is 3. The summed E-state index contributed by atoms with van der Waals surface area (Å²) in [6, 6.07) is 6.44. The van der Waals surface area contributed by atoms with Gasteiger partial charge in [0.15, 0.2) is 5.13 Å². The third-order valence-electron chi connectivity index (χ3n) is 5.88. The first-order chi connectivity index (χ1) is 16.8. The van der Waals surface area contributed by atoms with Crippen molar-refractivity contribution in [1.82, 2.24) is 30.2 Å². The predicted octanol–water partition coefficient (Wildman–Crippen LogP) is 4.68. The molecule has 1 saturated heterocycles. The van der Waals surface area contributed by atoms with Crippen LogP contribution in [0.3, 0.4) is 0 Å². The molecule has 8 nitrogen and oxygen atoms in total. The van der Waals surface area contributed by atoms with Crippen molar-refractivity contribution in [1.29, 1.82) is 0 Å². The van der Waals surface area contributed by atoms with Crippen LogP contribution in [-0.2, 0) is 6.18 Å². The molecular formula is C23H22F3N7OS. The van der Waals surface area contributed by atoms with E-state index in [2.05, 4.69) is 35.5 Å². The molecule has 5 rings (SSSR count). The number of nitrogens with zero attached hydrogens (tertiary/aromatic N) is 4. The Labute approximate surface area is 202 Å². The van der Waals surface area contributed by atoms with Gasteiger partial charge in [0.2, 0.25) is 0 Å². The average Bonchev–Trinajstić information content (AvgIpc) is 3.59. The fraction of sp³-hybridized carbons (Fsp3) is 0.304. The standard InChI is InChI=1S/C23H22F3N7OS/c1-13(20-11-29-22(35-20)32-15-4-2-14(3-5-15)23(24,25)26)31-21(34)17-8-19-18(10-28-17)30-12-33(19)16-6-7-27-9-16/h2-5,8,10-13,16,27H,6-7,9H2,1H3,(H,29,32)(H,31,34)/t13-,16-/m1/s1. The normalized spacial score (nSPS) is 17.0. The van der Waals surface area contributed by atoms with Crippen LogP contribution in [0.5, 0.6) is 0 Å². The Balaban J connectivity index is 1.25. The van der Waals surface area contributed by atoms with Gasteiger partial charge in [0.05, 0.1) is 29.6 Å². The zero-order chi connectivity index (χ0) is 24.6. The molecule has 3 N–H and O–H groups in total. The Morgan fingerprint density at radius 3 is 2.71 bits per heavy atom. The molecule has 12 heteroatoms. The van der Waals surface area contributed by atoms with Gasteiger partial charge in [-0.3, -0.25) is 4.79 Å². The van der Waals surface area contributed by atoms with Crippen molar-refractivity contribution in [2.24, 2.45) is 0 Å². The molecule has 1 aromatic carbocycles. The maximum atomic E-state index is 12.9. The van der Waals surface area contributed by atoms with Crippen LogP contribution in [0.1, 0.15) is 46.4 Å². The zero-order valence-electron chi connectivity index (χ0n) is 18.6. The van der Waals surface area contributed by atoms with E-state index in [1.165, 1.54) is 23.5 Å². The highest BCUT2D eigenvalue weighted by molar-refractivity contribution is 7.15. The van der Waals surface area contributed by atoms with Gasteiger partial charge in [-0.05, 0) is 50.2 Å². The average molecular weight is 502 g/mol. The van der Waals surface area contributed by atoms with Gasteiger partial charge in [-0.25, -0.2) is 15.0 Å². The molecule has 1 fully saturated rings. The van der Waals surface area contributed by atoms with Crippen molar-refractivity contribution in [2.75, 3.05) is 18.4 Å². The van der Waals surface area contributed by atoms with E-state index < -0.39 is 11.7 Å². The van der Waals surface area contributed by atoms with Gasteiger partial charge in [0.1, 0.15) is 11.2 Å². The molecule has 0 bridgehead atoms. The minimum absolute atomic E-state index is 0.296. The molecule has 1 aliphatic heterocycles. The monoisotopic (exact) mass is 501 g/mol. The fourth-order valence-corrected chi connectivity index (χ4v) is 4.81. The molecule has 0 saturated carbocycles. The Bertz CT molecular complexity index is 1340. The van der Waals surface area contributed by atoms with Gasteiger partial charge in [-0.2, -0.15) is 13.2 Å². The lowest BCUT2D eigenvalue weighted by molar-refractivity contribution is -0.137. The summed E-state index contributed by atoms with van der Waals surface area (Å²) in [5, 5.41) is 9.77. The van der Waals surface area contributed by atoms with Crippen molar-refractivity contribution in [3.05, 3.63) is 65.2 Å². The predicted molar refractivity (Wildman–Crippen MR) is 127 cm³/mol. The Morgan fingerprint density at radius 1 is 1.20 bits per heavy atom. The van der Waals surface area contributed by atoms with E-state index >= 15 is 0 Å². The molecule has 2 atom stereocenters. The third-order valence-corrected chi connectivity index (χ3v) is 6.98. The van der Waals surface area contributed by atoms with Crippen molar-refractivity contribution in [3.8, 4) is 0 Å². The van der Waals surface area contributed by atoms with Crippen LogP contribution < -0.4 is 16.0 Å². The topological polar surface area (TPSA) is 96.8 Å². The maximum Gasteiger partial charge on any atom is 0.416 e. The van der Waals surface area contributed by atoms with E-state index in [9.17, 15) is 18.0 Å². The number of hydrogen-bond donors (Lipinski definition) is 3. The lowest BCUT2D eigenvalue weighted by Gasteiger charge is -2.13. The second kappa shape index (κ2) is 9.27. The van der Waals surface area contributed by atoms with Gasteiger partial charge < -0.3 is 20.5 Å². The molecule has 0 aliphatic carbocycles. The van der Waals surface area contributed by atoms with Gasteiger partial charge >= 0.3 is 6.18 Å². The highest BCUT2D eigenvalue weighted by Crippen LogP contribution is 2.32. The van der Waals surface area contributed by atoms with Crippen LogP contribution >= 0.6 is 11.3 Å². The van der Waals surface area contributed by atoms with Crippen LogP contribution in [0.25, 0.3) is 11.0 Å². The minimum Gasteiger partial charge on any atom is -0.343 e. The summed E-state index contributed by atoms with van der Waals surface area (Å²) < 4.78 is 40.3. The number of halogens is 3. The summed E-state index contributed by atoms with van der Waals surface area (Å²) in [4.78, 5) is 26.6. The smallest absolute Gasteiger partial charge is 0.343 e. The summed E-state index contributed by atoms with van der Waals surface area (Å²) >= 11 is 1.31. The lowest BCUT2D eigenvalue weighted by Crippen LogP contribution is -2.27. The number of nitrogens with one attached hydrogen (secondary N) is 3. The molecular weight excluding hydrogens is 479 g/mol. The van der Waals surface area contributed by atoms with Gasteiger partial charge in [0, 0.05) is 29.3 Å². The molecule has 182 valence electrons. The second-order valence-electron chi connectivity index (χ2n) is 8.32. The number of rotatable bonds is 6. The summed E-state index contributed by atoms with van der Waals surface area (Å²) in [6.07, 6.45) is 1.64. The quantitative estimate of drug-likeness (QED) is 0.355. The van der Waals surface area contributed by atoms with Crippen molar-refractivity contribution in [3.63, 3.8) is 0 Å². The number of aromatic nitrogens is 4. The van der Waals surface area contributed by atoms with Crippen molar-refractivity contribution < 1.29 is 18.0 Å². The van der Waals surface area contributed by atoms with Crippen LogP contribution in [0.2, 0.25) is 0 Å².